The van der Waals surface area contributed by atoms with Crippen molar-refractivity contribution in [3.05, 3.63) is 40.2 Å². The van der Waals surface area contributed by atoms with Crippen LogP contribution in [0.3, 0.4) is 0 Å². The summed E-state index contributed by atoms with van der Waals surface area (Å²) >= 11 is 0. The maximum absolute atomic E-state index is 12.0. The van der Waals surface area contributed by atoms with Crippen LogP contribution >= 0.6 is 0 Å². The van der Waals surface area contributed by atoms with Gasteiger partial charge in [0.2, 0.25) is 12.2 Å². The lowest BCUT2D eigenvalue weighted by Gasteiger charge is -2.44. The molecule has 1 aliphatic heterocycles. The highest BCUT2D eigenvalue weighted by molar-refractivity contribution is 5.81. The summed E-state index contributed by atoms with van der Waals surface area (Å²) in [6.07, 6.45) is -4.90. The van der Waals surface area contributed by atoms with E-state index in [9.17, 15) is 24.0 Å². The molecule has 36 heavy (non-hydrogen) atoms. The second-order valence-corrected chi connectivity index (χ2v) is 8.24. The van der Waals surface area contributed by atoms with Crippen LogP contribution in [0.2, 0.25) is 0 Å². The Kier molecular flexibility index (Phi) is 8.30. The maximum Gasteiger partial charge on any atom is 0.336 e. The van der Waals surface area contributed by atoms with Crippen molar-refractivity contribution in [2.24, 2.45) is 0 Å². The second kappa shape index (κ2) is 11.2. The molecule has 1 saturated heterocycles. The second-order valence-electron chi connectivity index (χ2n) is 8.24. The van der Waals surface area contributed by atoms with Gasteiger partial charge in [-0.2, -0.15) is 0 Å². The zero-order valence-electron chi connectivity index (χ0n) is 20.4. The summed E-state index contributed by atoms with van der Waals surface area (Å²) in [5, 5.41) is 3.30. The van der Waals surface area contributed by atoms with E-state index in [0.29, 0.717) is 10.9 Å². The lowest BCUT2D eigenvalue weighted by atomic mass is 9.96. The summed E-state index contributed by atoms with van der Waals surface area (Å²) in [5.74, 6) is -2.35. The van der Waals surface area contributed by atoms with Crippen molar-refractivity contribution in [1.82, 2.24) is 5.32 Å². The van der Waals surface area contributed by atoms with Crippen LogP contribution in [0.15, 0.2) is 33.5 Å². The molecular weight excluding hydrogens is 478 g/mol. The van der Waals surface area contributed by atoms with Crippen LogP contribution in [0, 0.1) is 6.92 Å². The quantitative estimate of drug-likeness (QED) is 0.327. The minimum Gasteiger partial charge on any atom is -0.463 e. The van der Waals surface area contributed by atoms with E-state index in [4.69, 9.17) is 28.1 Å². The number of carbonyl (C=O) groups excluding carboxylic acids is 4. The molecule has 1 aromatic heterocycles. The van der Waals surface area contributed by atoms with Gasteiger partial charge in [-0.3, -0.25) is 19.2 Å². The zero-order valence-corrected chi connectivity index (χ0v) is 20.4. The van der Waals surface area contributed by atoms with Gasteiger partial charge in [-0.25, -0.2) is 4.79 Å². The Morgan fingerprint density at radius 1 is 0.944 bits per heavy atom. The fourth-order valence-electron chi connectivity index (χ4n) is 3.90. The molecule has 1 aliphatic rings. The molecule has 1 amide bonds. The van der Waals surface area contributed by atoms with Crippen LogP contribution in [0.4, 0.5) is 0 Å². The van der Waals surface area contributed by atoms with E-state index in [2.05, 4.69) is 5.32 Å². The van der Waals surface area contributed by atoms with Crippen molar-refractivity contribution >= 4 is 34.8 Å². The number of esters is 3. The van der Waals surface area contributed by atoms with Crippen LogP contribution in [-0.4, -0.2) is 61.1 Å². The van der Waals surface area contributed by atoms with Gasteiger partial charge in [-0.1, -0.05) is 0 Å². The molecule has 12 heteroatoms. The molecule has 0 spiro atoms. The first-order valence-electron chi connectivity index (χ1n) is 11.1. The van der Waals surface area contributed by atoms with Crippen LogP contribution in [0.5, 0.6) is 5.75 Å². The Hall–Kier alpha value is -3.93. The average molecular weight is 505 g/mol. The number of nitrogens with one attached hydrogen (secondary N) is 1. The van der Waals surface area contributed by atoms with Crippen LogP contribution in [0.1, 0.15) is 33.3 Å². The molecule has 1 fully saturated rings. The zero-order chi connectivity index (χ0) is 26.6. The van der Waals surface area contributed by atoms with Crippen molar-refractivity contribution in [2.45, 2.75) is 65.3 Å². The molecule has 12 nitrogen and oxygen atoms in total. The van der Waals surface area contributed by atoms with Crippen molar-refractivity contribution in [3.8, 4) is 5.75 Å². The number of rotatable bonds is 7. The summed E-state index contributed by atoms with van der Waals surface area (Å²) in [7, 11) is 0. The third-order valence-electron chi connectivity index (χ3n) is 5.25. The van der Waals surface area contributed by atoms with Crippen LogP contribution in [-0.2, 0) is 38.1 Å². The van der Waals surface area contributed by atoms with Crippen molar-refractivity contribution < 1.29 is 47.3 Å². The third kappa shape index (κ3) is 6.60. The first-order valence-corrected chi connectivity index (χ1v) is 11.1. The standard InChI is InChI=1S/C24H27NO11/c1-11-8-20(30)35-18-9-16(6-7-17(11)18)34-24-21(25-12(2)26)23(33-15(5)29)22(32-14(4)28)19(36-24)10-31-13(3)27/h6-9,19,21-24H,10H2,1-5H3,(H,25,26)/t19-,21+,22-,23+,24-/m1/s1. The highest BCUT2D eigenvalue weighted by Crippen LogP contribution is 2.30. The number of aryl methyl sites for hydroxylation is 1. The molecule has 0 unspecified atom stereocenters. The predicted molar refractivity (Wildman–Crippen MR) is 122 cm³/mol. The Bertz CT molecular complexity index is 1220. The normalized spacial score (nSPS) is 23.4. The number of benzene rings is 1. The first-order chi connectivity index (χ1) is 16.9. The molecule has 1 N–H and O–H groups in total. The first kappa shape index (κ1) is 26.7. The number of amides is 1. The molecule has 2 aromatic rings. The SMILES string of the molecule is CC(=O)N[C@@H]1[C@H](Oc2ccc3c(C)cc(=O)oc3c2)O[C@H](COC(C)=O)[C@@H](OC(C)=O)[C@H]1OC(C)=O. The van der Waals surface area contributed by atoms with Gasteiger partial charge in [0, 0.05) is 45.2 Å². The fourth-order valence-corrected chi connectivity index (χ4v) is 3.90. The highest BCUT2D eigenvalue weighted by Gasteiger charge is 2.52. The van der Waals surface area contributed by atoms with Gasteiger partial charge in [0.15, 0.2) is 12.2 Å². The molecule has 0 aliphatic carbocycles. The predicted octanol–water partition coefficient (Wildman–Crippen LogP) is 1.14. The smallest absolute Gasteiger partial charge is 0.336 e. The largest absolute Gasteiger partial charge is 0.463 e. The maximum atomic E-state index is 12.0. The lowest BCUT2D eigenvalue weighted by Crippen LogP contribution is -2.67. The van der Waals surface area contributed by atoms with Gasteiger partial charge in [0.25, 0.3) is 0 Å². The van der Waals surface area contributed by atoms with E-state index in [0.717, 1.165) is 13.8 Å². The Morgan fingerprint density at radius 3 is 2.22 bits per heavy atom. The van der Waals surface area contributed by atoms with Crippen molar-refractivity contribution in [1.29, 1.82) is 0 Å². The third-order valence-corrected chi connectivity index (χ3v) is 5.25. The molecule has 0 radical (unpaired) electrons. The number of ether oxygens (including phenoxy) is 5. The molecule has 0 bridgehead atoms. The number of carbonyl (C=O) groups is 4. The summed E-state index contributed by atoms with van der Waals surface area (Å²) in [6, 6.07) is 4.98. The number of hydrogen-bond acceptors (Lipinski definition) is 11. The van der Waals surface area contributed by atoms with Gasteiger partial charge in [-0.05, 0) is 24.6 Å². The van der Waals surface area contributed by atoms with E-state index in [1.54, 1.807) is 19.1 Å². The van der Waals surface area contributed by atoms with E-state index in [1.807, 2.05) is 0 Å². The molecule has 3 rings (SSSR count). The van der Waals surface area contributed by atoms with E-state index < -0.39 is 60.1 Å². The van der Waals surface area contributed by atoms with Gasteiger partial charge in [0.05, 0.1) is 0 Å². The van der Waals surface area contributed by atoms with Gasteiger partial charge >= 0.3 is 23.5 Å². The van der Waals surface area contributed by atoms with E-state index in [-0.39, 0.29) is 17.9 Å². The van der Waals surface area contributed by atoms with E-state index in [1.165, 1.54) is 26.0 Å². The molecule has 2 heterocycles. The Morgan fingerprint density at radius 2 is 1.61 bits per heavy atom. The Balaban J connectivity index is 2.02. The monoisotopic (exact) mass is 505 g/mol. The summed E-state index contributed by atoms with van der Waals surface area (Å²) in [4.78, 5) is 59.0. The minimum atomic E-state index is -1.29. The number of hydrogen-bond donors (Lipinski definition) is 1. The van der Waals surface area contributed by atoms with Crippen LogP contribution < -0.4 is 15.7 Å². The summed E-state index contributed by atoms with van der Waals surface area (Å²) in [6.45, 7) is 6.12. The summed E-state index contributed by atoms with van der Waals surface area (Å²) < 4.78 is 33.1. The molecular formula is C24H27NO11. The summed E-state index contributed by atoms with van der Waals surface area (Å²) in [5.41, 5.74) is 0.427. The molecule has 5 atom stereocenters. The van der Waals surface area contributed by atoms with Gasteiger partial charge in [-0.15, -0.1) is 0 Å². The van der Waals surface area contributed by atoms with Gasteiger partial charge in [0.1, 0.15) is 30.1 Å². The Labute approximate surface area is 205 Å². The fraction of sp³-hybridized carbons (Fsp3) is 0.458. The topological polar surface area (TPSA) is 157 Å². The number of fused-ring (bicyclic) bond motifs is 1. The van der Waals surface area contributed by atoms with Crippen LogP contribution in [0.25, 0.3) is 11.0 Å². The average Bonchev–Trinajstić information content (AvgIpc) is 2.75. The van der Waals surface area contributed by atoms with Gasteiger partial charge < -0.3 is 33.4 Å². The minimum absolute atomic E-state index is 0.204. The highest BCUT2D eigenvalue weighted by atomic mass is 16.7. The molecule has 194 valence electrons. The van der Waals surface area contributed by atoms with Crippen molar-refractivity contribution in [3.63, 3.8) is 0 Å². The molecule has 1 aromatic carbocycles. The van der Waals surface area contributed by atoms with Crippen molar-refractivity contribution in [2.75, 3.05) is 6.61 Å². The lowest BCUT2D eigenvalue weighted by molar-refractivity contribution is -0.257. The van der Waals surface area contributed by atoms with E-state index >= 15 is 0 Å². The molecule has 0 saturated carbocycles.